The first kappa shape index (κ1) is 19.2. The fraction of sp³-hybridized carbons (Fsp3) is 0.250. The van der Waals surface area contributed by atoms with Crippen LogP contribution in [0.3, 0.4) is 0 Å². The molecule has 0 radical (unpaired) electrons. The van der Waals surface area contributed by atoms with Crippen molar-refractivity contribution in [1.29, 1.82) is 5.26 Å². The fourth-order valence-electron chi connectivity index (χ4n) is 4.43. The second kappa shape index (κ2) is 7.82. The number of hydrazine groups is 2. The summed E-state index contributed by atoms with van der Waals surface area (Å²) in [5.74, 6) is 0. The number of benzene rings is 2. The molecule has 7 nitrogen and oxygen atoms in total. The molecule has 0 aliphatic carbocycles. The largest absolute Gasteiger partial charge is 0.378 e. The summed E-state index contributed by atoms with van der Waals surface area (Å²) in [4.78, 5) is 0. The van der Waals surface area contributed by atoms with Crippen molar-refractivity contribution >= 4 is 11.4 Å². The molecule has 1 atom stereocenters. The Morgan fingerprint density at radius 3 is 2.94 bits per heavy atom. The first-order valence-corrected chi connectivity index (χ1v) is 10.5. The molecule has 2 aromatic carbocycles. The number of nitrogens with zero attached hydrogens (tertiary/aromatic N) is 4. The monoisotopic (exact) mass is 411 g/mol. The lowest BCUT2D eigenvalue weighted by molar-refractivity contribution is 0.281. The van der Waals surface area contributed by atoms with Gasteiger partial charge < -0.3 is 10.7 Å². The minimum absolute atomic E-state index is 0.136. The lowest BCUT2D eigenvalue weighted by Crippen LogP contribution is -2.37. The predicted octanol–water partition coefficient (Wildman–Crippen LogP) is 3.72. The summed E-state index contributed by atoms with van der Waals surface area (Å²) in [6.07, 6.45) is 5.29. The number of aromatic nitrogens is 2. The Bertz CT molecular complexity index is 1200. The third-order valence-corrected chi connectivity index (χ3v) is 5.92. The molecule has 0 bridgehead atoms. The lowest BCUT2D eigenvalue weighted by atomic mass is 9.93. The van der Waals surface area contributed by atoms with Crippen LogP contribution in [0.25, 0.3) is 16.8 Å². The van der Waals surface area contributed by atoms with E-state index in [0.717, 1.165) is 41.0 Å². The number of aryl methyl sites for hydroxylation is 1. The smallest absolute Gasteiger partial charge is 0.0814 e. The van der Waals surface area contributed by atoms with Gasteiger partial charge in [-0.05, 0) is 48.2 Å². The summed E-state index contributed by atoms with van der Waals surface area (Å²) >= 11 is 0. The quantitative estimate of drug-likeness (QED) is 0.607. The topological polar surface area (TPSA) is 80.9 Å². The van der Waals surface area contributed by atoms with Crippen molar-refractivity contribution in [2.45, 2.75) is 25.8 Å². The lowest BCUT2D eigenvalue weighted by Gasteiger charge is -2.21. The summed E-state index contributed by atoms with van der Waals surface area (Å²) < 4.78 is 1.83. The maximum atomic E-state index is 9.06. The molecule has 0 saturated carbocycles. The molecule has 3 heterocycles. The van der Waals surface area contributed by atoms with Crippen molar-refractivity contribution < 1.29 is 0 Å². The summed E-state index contributed by atoms with van der Waals surface area (Å²) in [6, 6.07) is 17.2. The van der Waals surface area contributed by atoms with Gasteiger partial charge in [-0.2, -0.15) is 10.4 Å². The molecule has 0 spiro atoms. The average Bonchev–Trinajstić information content (AvgIpc) is 3.32. The van der Waals surface area contributed by atoms with Gasteiger partial charge in [-0.15, -0.1) is 5.53 Å². The summed E-state index contributed by atoms with van der Waals surface area (Å²) in [7, 11) is 1.94. The van der Waals surface area contributed by atoms with E-state index < -0.39 is 0 Å². The number of fused-ring (bicyclic) bond motifs is 3. The molecule has 2 aliphatic rings. The van der Waals surface area contributed by atoms with Crippen molar-refractivity contribution in [1.82, 2.24) is 25.7 Å². The molecule has 1 aromatic heterocycles. The number of anilines is 1. The van der Waals surface area contributed by atoms with E-state index in [-0.39, 0.29) is 6.04 Å². The highest BCUT2D eigenvalue weighted by Gasteiger charge is 2.30. The van der Waals surface area contributed by atoms with Gasteiger partial charge in [0, 0.05) is 36.6 Å². The Balaban J connectivity index is 1.58. The molecule has 0 saturated heterocycles. The highest BCUT2D eigenvalue weighted by Crippen LogP contribution is 2.39. The van der Waals surface area contributed by atoms with Crippen molar-refractivity contribution in [3.05, 3.63) is 77.2 Å². The number of nitriles is 1. The molecule has 156 valence electrons. The predicted molar refractivity (Wildman–Crippen MR) is 121 cm³/mol. The number of nitrogens with one attached hydrogen (secondary N) is 3. The average molecular weight is 412 g/mol. The molecule has 5 rings (SSSR count). The van der Waals surface area contributed by atoms with Gasteiger partial charge in [0.05, 0.1) is 36.1 Å². The minimum atomic E-state index is 0.136. The van der Waals surface area contributed by atoms with Crippen molar-refractivity contribution in [3.63, 3.8) is 0 Å². The van der Waals surface area contributed by atoms with E-state index in [2.05, 4.69) is 69.7 Å². The molecule has 2 aliphatic heterocycles. The van der Waals surface area contributed by atoms with Crippen LogP contribution in [0.1, 0.15) is 36.1 Å². The zero-order chi connectivity index (χ0) is 21.4. The summed E-state index contributed by atoms with van der Waals surface area (Å²) in [6.45, 7) is 2.96. The van der Waals surface area contributed by atoms with Crippen LogP contribution in [-0.2, 0) is 13.5 Å². The Kier molecular flexibility index (Phi) is 4.85. The van der Waals surface area contributed by atoms with Gasteiger partial charge in [-0.3, -0.25) is 9.69 Å². The number of rotatable bonds is 4. The van der Waals surface area contributed by atoms with E-state index >= 15 is 0 Å². The van der Waals surface area contributed by atoms with E-state index in [4.69, 9.17) is 5.26 Å². The van der Waals surface area contributed by atoms with Gasteiger partial charge in [0.1, 0.15) is 0 Å². The van der Waals surface area contributed by atoms with E-state index in [9.17, 15) is 0 Å². The van der Waals surface area contributed by atoms with Crippen LogP contribution in [0.15, 0.2) is 60.6 Å². The Morgan fingerprint density at radius 2 is 2.13 bits per heavy atom. The summed E-state index contributed by atoms with van der Waals surface area (Å²) in [5.41, 5.74) is 15.6. The second-order valence-electron chi connectivity index (χ2n) is 8.09. The van der Waals surface area contributed by atoms with Crippen molar-refractivity contribution in [2.75, 3.05) is 11.9 Å². The van der Waals surface area contributed by atoms with Gasteiger partial charge in [0.2, 0.25) is 0 Å². The van der Waals surface area contributed by atoms with Crippen LogP contribution in [0, 0.1) is 11.3 Å². The zero-order valence-electron chi connectivity index (χ0n) is 17.7. The minimum Gasteiger partial charge on any atom is -0.378 e. The van der Waals surface area contributed by atoms with Gasteiger partial charge in [0.15, 0.2) is 0 Å². The first-order valence-electron chi connectivity index (χ1n) is 10.5. The third kappa shape index (κ3) is 3.62. The molecule has 0 amide bonds. The SMILES string of the molecule is CC1=C2c3ccc(-c4cnn(C)c4)cc3C(Nc3cccc(CC#N)c3)CCN2NN1. The molecular weight excluding hydrogens is 386 g/mol. The van der Waals surface area contributed by atoms with Crippen LogP contribution in [0.4, 0.5) is 5.69 Å². The summed E-state index contributed by atoms with van der Waals surface area (Å²) in [5, 5.41) is 19.3. The molecule has 7 heteroatoms. The molecule has 0 fully saturated rings. The van der Waals surface area contributed by atoms with Crippen LogP contribution >= 0.6 is 0 Å². The molecule has 31 heavy (non-hydrogen) atoms. The molecular formula is C24H25N7. The standard InChI is InChI=1S/C24H25N7/c1-16-24-21-7-6-18(19-14-26-30(2)15-19)13-22(21)23(9-11-31(24)29-28-16)27-20-5-3-4-17(12-20)8-10-25/h3-7,12-15,23,27-29H,8-9,11H2,1-2H3. The number of allylic oxidation sites excluding steroid dienone is 1. The zero-order valence-corrected chi connectivity index (χ0v) is 17.7. The van der Waals surface area contributed by atoms with Gasteiger partial charge in [-0.25, -0.2) is 0 Å². The Labute approximate surface area is 181 Å². The van der Waals surface area contributed by atoms with Crippen LogP contribution in [0.2, 0.25) is 0 Å². The van der Waals surface area contributed by atoms with E-state index in [1.165, 1.54) is 16.8 Å². The second-order valence-corrected chi connectivity index (χ2v) is 8.09. The maximum absolute atomic E-state index is 9.06. The van der Waals surface area contributed by atoms with Gasteiger partial charge in [0.25, 0.3) is 0 Å². The highest BCUT2D eigenvalue weighted by atomic mass is 15.7. The fourth-order valence-corrected chi connectivity index (χ4v) is 4.43. The van der Waals surface area contributed by atoms with Gasteiger partial charge in [-0.1, -0.05) is 24.3 Å². The van der Waals surface area contributed by atoms with E-state index in [1.807, 2.05) is 36.3 Å². The van der Waals surface area contributed by atoms with E-state index in [1.54, 1.807) is 0 Å². The maximum Gasteiger partial charge on any atom is 0.0814 e. The van der Waals surface area contributed by atoms with Crippen LogP contribution < -0.4 is 16.3 Å². The first-order chi connectivity index (χ1) is 15.1. The Morgan fingerprint density at radius 1 is 1.23 bits per heavy atom. The third-order valence-electron chi connectivity index (χ3n) is 5.92. The highest BCUT2D eigenvalue weighted by molar-refractivity contribution is 5.75. The van der Waals surface area contributed by atoms with Crippen molar-refractivity contribution in [2.24, 2.45) is 7.05 Å². The van der Waals surface area contributed by atoms with Crippen LogP contribution in [0.5, 0.6) is 0 Å². The number of hydrogen-bond donors (Lipinski definition) is 3. The van der Waals surface area contributed by atoms with Crippen LogP contribution in [-0.4, -0.2) is 21.3 Å². The Hall–Kier alpha value is -3.76. The molecule has 3 aromatic rings. The van der Waals surface area contributed by atoms with Crippen molar-refractivity contribution in [3.8, 4) is 17.2 Å². The molecule has 3 N–H and O–H groups in total. The van der Waals surface area contributed by atoms with Gasteiger partial charge >= 0.3 is 0 Å². The number of hydrogen-bond acceptors (Lipinski definition) is 6. The molecule has 1 unspecified atom stereocenters. The van der Waals surface area contributed by atoms with E-state index in [0.29, 0.717) is 6.42 Å². The normalized spacial score (nSPS) is 17.5.